The molecule has 0 N–H and O–H groups in total. The standard InChI is InChI=1S/C21H24BrN2S/c1-6-24-19-9-7-16(22)13-20(19)25-21(24)10-8-18-14(2)11-17(23(4)5)12-15(18)3/h7-13H,6H2,1-5H3/q+1. The Bertz CT molecular complexity index is 931. The van der Waals surface area contributed by atoms with Gasteiger partial charge in [-0.15, -0.1) is 0 Å². The van der Waals surface area contributed by atoms with Crippen molar-refractivity contribution < 1.29 is 4.57 Å². The van der Waals surface area contributed by atoms with Gasteiger partial charge in [0.15, 0.2) is 0 Å². The molecule has 2 nitrogen and oxygen atoms in total. The van der Waals surface area contributed by atoms with Gasteiger partial charge in [-0.3, -0.25) is 0 Å². The predicted octanol–water partition coefficient (Wildman–Crippen LogP) is 5.82. The van der Waals surface area contributed by atoms with E-state index in [0.29, 0.717) is 0 Å². The van der Waals surface area contributed by atoms with E-state index in [-0.39, 0.29) is 0 Å². The van der Waals surface area contributed by atoms with Gasteiger partial charge in [-0.05, 0) is 67.8 Å². The molecule has 0 amide bonds. The van der Waals surface area contributed by atoms with E-state index < -0.39 is 0 Å². The Kier molecular flexibility index (Phi) is 5.30. The van der Waals surface area contributed by atoms with E-state index in [1.165, 1.54) is 37.6 Å². The molecule has 130 valence electrons. The van der Waals surface area contributed by atoms with E-state index in [2.05, 4.69) is 103 Å². The summed E-state index contributed by atoms with van der Waals surface area (Å²) in [5.41, 5.74) is 6.49. The summed E-state index contributed by atoms with van der Waals surface area (Å²) in [6.45, 7) is 7.55. The third-order valence-corrected chi connectivity index (χ3v) is 6.10. The lowest BCUT2D eigenvalue weighted by Gasteiger charge is -2.16. The third kappa shape index (κ3) is 3.65. The molecule has 1 aromatic heterocycles. The van der Waals surface area contributed by atoms with Gasteiger partial charge in [0.05, 0.1) is 0 Å². The number of thiazole rings is 1. The second-order valence-electron chi connectivity index (χ2n) is 6.52. The summed E-state index contributed by atoms with van der Waals surface area (Å²) in [6.07, 6.45) is 4.52. The number of fused-ring (bicyclic) bond motifs is 1. The van der Waals surface area contributed by atoms with Crippen LogP contribution in [0.2, 0.25) is 0 Å². The van der Waals surface area contributed by atoms with Crippen LogP contribution in [0, 0.1) is 13.8 Å². The van der Waals surface area contributed by atoms with Crippen LogP contribution in [0.15, 0.2) is 34.8 Å². The van der Waals surface area contributed by atoms with Crippen LogP contribution in [0.4, 0.5) is 5.69 Å². The van der Waals surface area contributed by atoms with Gasteiger partial charge < -0.3 is 4.90 Å². The molecule has 4 heteroatoms. The fourth-order valence-corrected chi connectivity index (χ4v) is 4.84. The Balaban J connectivity index is 2.04. The summed E-state index contributed by atoms with van der Waals surface area (Å²) in [6, 6.07) is 11.0. The fraction of sp³-hybridized carbons (Fsp3) is 0.286. The van der Waals surface area contributed by atoms with E-state index in [0.717, 1.165) is 11.0 Å². The zero-order chi connectivity index (χ0) is 18.1. The topological polar surface area (TPSA) is 7.12 Å². The molecule has 0 spiro atoms. The fourth-order valence-electron chi connectivity index (χ4n) is 3.16. The minimum atomic E-state index is 0.971. The van der Waals surface area contributed by atoms with Gasteiger partial charge >= 0.3 is 0 Å². The van der Waals surface area contributed by atoms with Crippen LogP contribution in [0.3, 0.4) is 0 Å². The van der Waals surface area contributed by atoms with Crippen molar-refractivity contribution in [2.24, 2.45) is 0 Å². The number of hydrogen-bond acceptors (Lipinski definition) is 2. The van der Waals surface area contributed by atoms with Crippen LogP contribution in [-0.2, 0) is 6.54 Å². The first-order chi connectivity index (χ1) is 11.9. The first kappa shape index (κ1) is 18.2. The number of aryl methyl sites for hydroxylation is 3. The van der Waals surface area contributed by atoms with E-state index in [1.54, 1.807) is 0 Å². The maximum atomic E-state index is 3.58. The molecule has 0 radical (unpaired) electrons. The zero-order valence-corrected chi connectivity index (χ0v) is 17.8. The van der Waals surface area contributed by atoms with Gasteiger partial charge in [0.1, 0.15) is 11.2 Å². The summed E-state index contributed by atoms with van der Waals surface area (Å²) in [5.74, 6) is 0. The summed E-state index contributed by atoms with van der Waals surface area (Å²) in [4.78, 5) is 2.16. The summed E-state index contributed by atoms with van der Waals surface area (Å²) in [7, 11) is 4.17. The van der Waals surface area contributed by atoms with Crippen molar-refractivity contribution in [2.45, 2.75) is 27.3 Å². The Morgan fingerprint density at radius 1 is 1.08 bits per heavy atom. The summed E-state index contributed by atoms with van der Waals surface area (Å²) < 4.78 is 4.82. The summed E-state index contributed by atoms with van der Waals surface area (Å²) in [5, 5.41) is 1.28. The molecule has 0 saturated carbocycles. The van der Waals surface area contributed by atoms with Crippen molar-refractivity contribution in [2.75, 3.05) is 19.0 Å². The minimum Gasteiger partial charge on any atom is -0.378 e. The van der Waals surface area contributed by atoms with E-state index in [1.807, 2.05) is 11.3 Å². The lowest BCUT2D eigenvalue weighted by Crippen LogP contribution is -2.33. The van der Waals surface area contributed by atoms with E-state index in [4.69, 9.17) is 0 Å². The Labute approximate surface area is 162 Å². The minimum absolute atomic E-state index is 0.971. The SMILES string of the molecule is CC[n+]1c(/C=C/c2c(C)cc(N(C)C)cc2C)sc2cc(Br)ccc21. The lowest BCUT2D eigenvalue weighted by molar-refractivity contribution is -0.665. The normalized spacial score (nSPS) is 11.6. The van der Waals surface area contributed by atoms with Gasteiger partial charge in [-0.2, -0.15) is 4.57 Å². The molecule has 2 aromatic carbocycles. The maximum absolute atomic E-state index is 3.58. The zero-order valence-electron chi connectivity index (χ0n) is 15.4. The van der Waals surface area contributed by atoms with Gasteiger partial charge in [0.2, 0.25) is 5.52 Å². The average molecular weight is 416 g/mol. The molecule has 0 saturated heterocycles. The third-order valence-electron chi connectivity index (χ3n) is 4.50. The number of anilines is 1. The highest BCUT2D eigenvalue weighted by atomic mass is 79.9. The lowest BCUT2D eigenvalue weighted by atomic mass is 10.0. The highest BCUT2D eigenvalue weighted by Crippen LogP contribution is 2.27. The highest BCUT2D eigenvalue weighted by Gasteiger charge is 2.17. The number of hydrogen-bond donors (Lipinski definition) is 0. The highest BCUT2D eigenvalue weighted by molar-refractivity contribution is 9.10. The van der Waals surface area contributed by atoms with Crippen molar-refractivity contribution in [1.82, 2.24) is 0 Å². The molecular formula is C21H24BrN2S+. The van der Waals surface area contributed by atoms with Crippen LogP contribution in [0.1, 0.15) is 28.6 Å². The molecule has 0 atom stereocenters. The molecule has 0 fully saturated rings. The monoisotopic (exact) mass is 415 g/mol. The molecule has 0 aliphatic carbocycles. The van der Waals surface area contributed by atoms with Crippen molar-refractivity contribution in [3.8, 4) is 0 Å². The molecule has 1 heterocycles. The molecule has 0 aliphatic heterocycles. The van der Waals surface area contributed by atoms with Gasteiger partial charge in [0, 0.05) is 36.4 Å². The molecule has 0 bridgehead atoms. The molecule has 25 heavy (non-hydrogen) atoms. The van der Waals surface area contributed by atoms with Gasteiger partial charge in [-0.25, -0.2) is 0 Å². The van der Waals surface area contributed by atoms with Crippen molar-refractivity contribution in [3.05, 3.63) is 56.5 Å². The maximum Gasteiger partial charge on any atom is 0.262 e. The van der Waals surface area contributed by atoms with Crippen LogP contribution in [0.25, 0.3) is 22.4 Å². The van der Waals surface area contributed by atoms with Gasteiger partial charge in [0.25, 0.3) is 5.01 Å². The van der Waals surface area contributed by atoms with Crippen molar-refractivity contribution >= 4 is 55.3 Å². The Hall–Kier alpha value is -1.65. The first-order valence-corrected chi connectivity index (χ1v) is 10.1. The van der Waals surface area contributed by atoms with Crippen molar-refractivity contribution in [1.29, 1.82) is 0 Å². The predicted molar refractivity (Wildman–Crippen MR) is 115 cm³/mol. The van der Waals surface area contributed by atoms with Crippen LogP contribution in [-0.4, -0.2) is 14.1 Å². The largest absolute Gasteiger partial charge is 0.378 e. The first-order valence-electron chi connectivity index (χ1n) is 8.49. The Morgan fingerprint density at radius 2 is 1.76 bits per heavy atom. The molecule has 3 rings (SSSR count). The van der Waals surface area contributed by atoms with Gasteiger partial charge in [-0.1, -0.05) is 27.3 Å². The van der Waals surface area contributed by atoms with Crippen LogP contribution in [0.5, 0.6) is 0 Å². The quantitative estimate of drug-likeness (QED) is 0.486. The average Bonchev–Trinajstić information content (AvgIpc) is 2.90. The second-order valence-corrected chi connectivity index (χ2v) is 8.50. The van der Waals surface area contributed by atoms with E-state index in [9.17, 15) is 0 Å². The number of halogens is 1. The molecular weight excluding hydrogens is 392 g/mol. The van der Waals surface area contributed by atoms with Crippen molar-refractivity contribution in [3.63, 3.8) is 0 Å². The number of rotatable bonds is 4. The summed E-state index contributed by atoms with van der Waals surface area (Å²) >= 11 is 5.42. The number of benzene rings is 2. The van der Waals surface area contributed by atoms with Crippen LogP contribution < -0.4 is 9.47 Å². The smallest absolute Gasteiger partial charge is 0.262 e. The van der Waals surface area contributed by atoms with Crippen LogP contribution >= 0.6 is 27.3 Å². The van der Waals surface area contributed by atoms with E-state index >= 15 is 0 Å². The second kappa shape index (κ2) is 7.30. The molecule has 0 unspecified atom stereocenters. The molecule has 3 aromatic rings. The Morgan fingerprint density at radius 3 is 2.36 bits per heavy atom. The molecule has 0 aliphatic rings. The number of aromatic nitrogens is 1. The number of nitrogens with zero attached hydrogens (tertiary/aromatic N) is 2.